The monoisotopic (exact) mass is 285 g/mol. The van der Waals surface area contributed by atoms with Gasteiger partial charge in [-0.1, -0.05) is 30.3 Å². The molecule has 0 radical (unpaired) electrons. The second-order valence-corrected chi connectivity index (χ2v) is 5.91. The van der Waals surface area contributed by atoms with Gasteiger partial charge in [0.15, 0.2) is 0 Å². The molecule has 0 aromatic heterocycles. The highest BCUT2D eigenvalue weighted by Gasteiger charge is 2.42. The average Bonchev–Trinajstić information content (AvgIpc) is 2.55. The summed E-state index contributed by atoms with van der Waals surface area (Å²) >= 11 is 0. The molecule has 1 aromatic rings. The average molecular weight is 285 g/mol. The number of benzene rings is 1. The maximum Gasteiger partial charge on any atom is 0.233 e. The third-order valence-corrected chi connectivity index (χ3v) is 4.31. The molecule has 0 saturated carbocycles. The summed E-state index contributed by atoms with van der Waals surface area (Å²) in [5.41, 5.74) is 0.643. The Morgan fingerprint density at radius 2 is 2.00 bits per heavy atom. The normalized spacial score (nSPS) is 18.5. The Bertz CT molecular complexity index is 515. The van der Waals surface area contributed by atoms with Crippen molar-refractivity contribution < 1.29 is 4.79 Å². The van der Waals surface area contributed by atoms with E-state index in [1.54, 1.807) is 4.90 Å². The van der Waals surface area contributed by atoms with Crippen molar-refractivity contribution in [2.45, 2.75) is 25.2 Å². The first kappa shape index (κ1) is 15.5. The van der Waals surface area contributed by atoms with Crippen molar-refractivity contribution in [2.24, 2.45) is 5.92 Å². The second-order valence-electron chi connectivity index (χ2n) is 5.91. The molecule has 1 N–H and O–H groups in total. The van der Waals surface area contributed by atoms with Crippen LogP contribution in [-0.4, -0.2) is 37.5 Å². The van der Waals surface area contributed by atoms with Crippen LogP contribution in [0.1, 0.15) is 25.3 Å². The third-order valence-electron chi connectivity index (χ3n) is 4.31. The SMILES string of the molecule is CC(C#N)CN(C)C(=O)C1(c2ccccc2)CCNCC1. The van der Waals surface area contributed by atoms with E-state index in [4.69, 9.17) is 5.26 Å². The Kier molecular flexibility index (Phi) is 4.98. The van der Waals surface area contributed by atoms with Gasteiger partial charge in [-0.25, -0.2) is 0 Å². The van der Waals surface area contributed by atoms with Gasteiger partial charge in [0.2, 0.25) is 5.91 Å². The van der Waals surface area contributed by atoms with E-state index in [0.29, 0.717) is 6.54 Å². The quantitative estimate of drug-likeness (QED) is 0.919. The van der Waals surface area contributed by atoms with Crippen LogP contribution in [0, 0.1) is 17.2 Å². The molecule has 1 aromatic carbocycles. The third kappa shape index (κ3) is 3.25. The first-order chi connectivity index (χ1) is 10.1. The summed E-state index contributed by atoms with van der Waals surface area (Å²) in [5, 5.41) is 12.3. The summed E-state index contributed by atoms with van der Waals surface area (Å²) in [6.45, 7) is 4.03. The van der Waals surface area contributed by atoms with Crippen LogP contribution < -0.4 is 5.32 Å². The molecule has 1 heterocycles. The number of likely N-dealkylation sites (N-methyl/N-ethyl adjacent to an activating group) is 1. The first-order valence-corrected chi connectivity index (χ1v) is 7.51. The molecule has 1 amide bonds. The standard InChI is InChI=1S/C17H23N3O/c1-14(12-18)13-20(2)16(21)17(8-10-19-11-9-17)15-6-4-3-5-7-15/h3-7,14,19H,8-11,13H2,1-2H3. The van der Waals surface area contributed by atoms with Crippen LogP contribution in [0.5, 0.6) is 0 Å². The number of piperidine rings is 1. The summed E-state index contributed by atoms with van der Waals surface area (Å²) in [6, 6.07) is 12.2. The van der Waals surface area contributed by atoms with Gasteiger partial charge in [0.25, 0.3) is 0 Å². The molecule has 1 aliphatic heterocycles. The number of carbonyl (C=O) groups is 1. The molecule has 0 bridgehead atoms. The molecule has 1 unspecified atom stereocenters. The zero-order valence-electron chi connectivity index (χ0n) is 12.8. The van der Waals surface area contributed by atoms with E-state index in [0.717, 1.165) is 31.5 Å². The highest BCUT2D eigenvalue weighted by Crippen LogP contribution is 2.35. The summed E-state index contributed by atoms with van der Waals surface area (Å²) in [5.74, 6) is -0.00853. The second kappa shape index (κ2) is 6.73. The van der Waals surface area contributed by atoms with Gasteiger partial charge in [0.1, 0.15) is 0 Å². The molecule has 1 atom stereocenters. The molecular formula is C17H23N3O. The molecule has 0 aliphatic carbocycles. The van der Waals surface area contributed by atoms with E-state index in [2.05, 4.69) is 11.4 Å². The predicted molar refractivity (Wildman–Crippen MR) is 82.6 cm³/mol. The molecule has 112 valence electrons. The number of hydrogen-bond acceptors (Lipinski definition) is 3. The van der Waals surface area contributed by atoms with Gasteiger partial charge in [-0.3, -0.25) is 4.79 Å². The zero-order chi connectivity index (χ0) is 15.3. The molecule has 1 saturated heterocycles. The van der Waals surface area contributed by atoms with E-state index < -0.39 is 5.41 Å². The number of nitrogens with one attached hydrogen (secondary N) is 1. The number of nitriles is 1. The molecular weight excluding hydrogens is 262 g/mol. The zero-order valence-corrected chi connectivity index (χ0v) is 12.8. The lowest BCUT2D eigenvalue weighted by Gasteiger charge is -2.39. The number of hydrogen-bond donors (Lipinski definition) is 1. The largest absolute Gasteiger partial charge is 0.344 e. The van der Waals surface area contributed by atoms with Gasteiger partial charge in [0.05, 0.1) is 17.4 Å². The van der Waals surface area contributed by atoms with E-state index in [1.165, 1.54) is 0 Å². The van der Waals surface area contributed by atoms with Crippen molar-refractivity contribution in [1.82, 2.24) is 10.2 Å². The van der Waals surface area contributed by atoms with Gasteiger partial charge >= 0.3 is 0 Å². The Morgan fingerprint density at radius 1 is 1.38 bits per heavy atom. The van der Waals surface area contributed by atoms with Crippen LogP contribution in [0.25, 0.3) is 0 Å². The summed E-state index contributed by atoms with van der Waals surface area (Å²) < 4.78 is 0. The van der Waals surface area contributed by atoms with E-state index in [1.807, 2.05) is 44.3 Å². The number of carbonyl (C=O) groups excluding carboxylic acids is 1. The predicted octanol–water partition coefficient (Wildman–Crippen LogP) is 1.93. The highest BCUT2D eigenvalue weighted by molar-refractivity contribution is 5.88. The first-order valence-electron chi connectivity index (χ1n) is 7.51. The van der Waals surface area contributed by atoms with Gasteiger partial charge in [-0.2, -0.15) is 5.26 Å². The van der Waals surface area contributed by atoms with Crippen molar-refractivity contribution in [3.63, 3.8) is 0 Å². The van der Waals surface area contributed by atoms with Crippen LogP contribution in [0.4, 0.5) is 0 Å². The number of rotatable bonds is 4. The molecule has 1 aliphatic rings. The van der Waals surface area contributed by atoms with Gasteiger partial charge in [0, 0.05) is 13.6 Å². The summed E-state index contributed by atoms with van der Waals surface area (Å²) in [4.78, 5) is 14.8. The Hall–Kier alpha value is -1.86. The van der Waals surface area contributed by atoms with Crippen molar-refractivity contribution >= 4 is 5.91 Å². The van der Waals surface area contributed by atoms with E-state index >= 15 is 0 Å². The van der Waals surface area contributed by atoms with Crippen LogP contribution in [0.2, 0.25) is 0 Å². The van der Waals surface area contributed by atoms with Crippen LogP contribution >= 0.6 is 0 Å². The van der Waals surface area contributed by atoms with Crippen molar-refractivity contribution in [3.05, 3.63) is 35.9 Å². The van der Waals surface area contributed by atoms with Gasteiger partial charge in [-0.15, -0.1) is 0 Å². The fourth-order valence-corrected chi connectivity index (χ4v) is 3.14. The minimum absolute atomic E-state index is 0.136. The summed E-state index contributed by atoms with van der Waals surface area (Å²) in [6.07, 6.45) is 1.61. The lowest BCUT2D eigenvalue weighted by Crippen LogP contribution is -2.51. The minimum Gasteiger partial charge on any atom is -0.344 e. The summed E-state index contributed by atoms with van der Waals surface area (Å²) in [7, 11) is 1.81. The molecule has 21 heavy (non-hydrogen) atoms. The highest BCUT2D eigenvalue weighted by atomic mass is 16.2. The number of nitrogens with zero attached hydrogens (tertiary/aromatic N) is 2. The molecule has 1 fully saturated rings. The van der Waals surface area contributed by atoms with Gasteiger partial charge in [-0.05, 0) is 38.4 Å². The molecule has 4 heteroatoms. The lowest BCUT2D eigenvalue weighted by molar-refractivity contribution is -0.137. The molecule has 2 rings (SSSR count). The number of amides is 1. The van der Waals surface area contributed by atoms with E-state index in [-0.39, 0.29) is 11.8 Å². The maximum atomic E-state index is 13.1. The maximum absolute atomic E-state index is 13.1. The molecule has 4 nitrogen and oxygen atoms in total. The van der Waals surface area contributed by atoms with Crippen LogP contribution in [0.3, 0.4) is 0 Å². The van der Waals surface area contributed by atoms with Crippen molar-refractivity contribution in [2.75, 3.05) is 26.7 Å². The van der Waals surface area contributed by atoms with Crippen molar-refractivity contribution in [3.8, 4) is 6.07 Å². The van der Waals surface area contributed by atoms with Crippen molar-refractivity contribution in [1.29, 1.82) is 5.26 Å². The Morgan fingerprint density at radius 3 is 2.57 bits per heavy atom. The van der Waals surface area contributed by atoms with E-state index in [9.17, 15) is 4.79 Å². The Labute approximate surface area is 126 Å². The van der Waals surface area contributed by atoms with Gasteiger partial charge < -0.3 is 10.2 Å². The topological polar surface area (TPSA) is 56.1 Å². The van der Waals surface area contributed by atoms with Crippen LogP contribution in [0.15, 0.2) is 30.3 Å². The lowest BCUT2D eigenvalue weighted by atomic mass is 9.72. The fraction of sp³-hybridized carbons (Fsp3) is 0.529. The minimum atomic E-state index is -0.448. The smallest absolute Gasteiger partial charge is 0.233 e. The molecule has 0 spiro atoms. The van der Waals surface area contributed by atoms with Crippen LogP contribution in [-0.2, 0) is 10.2 Å². The Balaban J connectivity index is 2.28. The fourth-order valence-electron chi connectivity index (χ4n) is 3.14.